The molecule has 1 fully saturated rings. The molecule has 2 aromatic carbocycles. The summed E-state index contributed by atoms with van der Waals surface area (Å²) in [7, 11) is 0. The van der Waals surface area contributed by atoms with E-state index in [2.05, 4.69) is 40.1 Å². The van der Waals surface area contributed by atoms with Gasteiger partial charge in [-0.15, -0.1) is 0 Å². The number of benzene rings is 2. The van der Waals surface area contributed by atoms with Crippen molar-refractivity contribution in [3.8, 4) is 5.75 Å². The van der Waals surface area contributed by atoms with Gasteiger partial charge >= 0.3 is 0 Å². The minimum absolute atomic E-state index is 0.0487. The smallest absolute Gasteiger partial charge is 0.163 e. The molecule has 0 N–H and O–H groups in total. The van der Waals surface area contributed by atoms with Gasteiger partial charge in [0.2, 0.25) is 0 Å². The maximum absolute atomic E-state index is 11.6. The molecule has 0 unspecified atom stereocenters. The molecule has 0 aromatic heterocycles. The first kappa shape index (κ1) is 17.5. The first-order valence-corrected chi connectivity index (χ1v) is 8.99. The summed E-state index contributed by atoms with van der Waals surface area (Å²) in [5, 5.41) is 0. The van der Waals surface area contributed by atoms with Crippen molar-refractivity contribution in [3.63, 3.8) is 0 Å². The van der Waals surface area contributed by atoms with Crippen LogP contribution in [0, 0.1) is 0 Å². The van der Waals surface area contributed by atoms with Crippen LogP contribution in [-0.4, -0.2) is 50.0 Å². The van der Waals surface area contributed by atoms with E-state index in [0.29, 0.717) is 17.9 Å². The van der Waals surface area contributed by atoms with E-state index in [4.69, 9.17) is 4.74 Å². The van der Waals surface area contributed by atoms with Crippen LogP contribution in [-0.2, 0) is 0 Å². The molecule has 3 rings (SSSR count). The predicted octanol–water partition coefficient (Wildman–Crippen LogP) is 3.48. The highest BCUT2D eigenvalue weighted by atomic mass is 16.5. The number of piperazine rings is 1. The normalized spacial score (nSPS) is 15.2. The van der Waals surface area contributed by atoms with Gasteiger partial charge in [-0.25, -0.2) is 0 Å². The van der Waals surface area contributed by atoms with Gasteiger partial charge in [-0.2, -0.15) is 0 Å². The molecule has 0 atom stereocenters. The second-order valence-corrected chi connectivity index (χ2v) is 6.42. The summed E-state index contributed by atoms with van der Waals surface area (Å²) in [5.41, 5.74) is 1.98. The van der Waals surface area contributed by atoms with Gasteiger partial charge in [0, 0.05) is 38.4 Å². The molecule has 0 aliphatic carbocycles. The van der Waals surface area contributed by atoms with E-state index in [9.17, 15) is 4.79 Å². The summed E-state index contributed by atoms with van der Waals surface area (Å²) in [4.78, 5) is 16.5. The van der Waals surface area contributed by atoms with Crippen molar-refractivity contribution in [2.75, 3.05) is 44.2 Å². The first-order chi connectivity index (χ1) is 12.2. The fourth-order valence-electron chi connectivity index (χ4n) is 3.22. The van der Waals surface area contributed by atoms with Crippen LogP contribution in [0.3, 0.4) is 0 Å². The van der Waals surface area contributed by atoms with Crippen molar-refractivity contribution >= 4 is 11.5 Å². The topological polar surface area (TPSA) is 32.8 Å². The third-order valence-electron chi connectivity index (χ3n) is 4.64. The molecule has 0 radical (unpaired) electrons. The summed E-state index contributed by atoms with van der Waals surface area (Å²) in [5.74, 6) is 0.747. The van der Waals surface area contributed by atoms with Crippen molar-refractivity contribution in [1.82, 2.24) is 4.90 Å². The lowest BCUT2D eigenvalue weighted by Gasteiger charge is -2.36. The minimum Gasteiger partial charge on any atom is -0.493 e. The lowest BCUT2D eigenvalue weighted by molar-refractivity contribution is 0.101. The standard InChI is InChI=1S/C21H26N2O2/c1-18(24)20-10-5-6-11-21(20)25-17-7-12-22-13-15-23(16-14-22)19-8-3-2-4-9-19/h2-6,8-11H,7,12-17H2,1H3. The van der Waals surface area contributed by atoms with Gasteiger partial charge in [0.25, 0.3) is 0 Å². The van der Waals surface area contributed by atoms with Gasteiger partial charge in [-0.3, -0.25) is 9.69 Å². The molecule has 4 nitrogen and oxygen atoms in total. The van der Waals surface area contributed by atoms with Crippen LogP contribution < -0.4 is 9.64 Å². The second-order valence-electron chi connectivity index (χ2n) is 6.42. The molecule has 25 heavy (non-hydrogen) atoms. The summed E-state index contributed by atoms with van der Waals surface area (Å²) < 4.78 is 5.82. The molecule has 0 bridgehead atoms. The van der Waals surface area contributed by atoms with E-state index in [1.54, 1.807) is 6.92 Å². The number of Topliss-reactive ketones (excluding diaryl/α,β-unsaturated/α-hetero) is 1. The van der Waals surface area contributed by atoms with Crippen LogP contribution in [0.4, 0.5) is 5.69 Å². The largest absolute Gasteiger partial charge is 0.493 e. The number of rotatable bonds is 7. The van der Waals surface area contributed by atoms with Crippen LogP contribution in [0.5, 0.6) is 5.75 Å². The number of ketones is 1. The fourth-order valence-corrected chi connectivity index (χ4v) is 3.22. The van der Waals surface area contributed by atoms with Gasteiger partial charge in [0.1, 0.15) is 5.75 Å². The lowest BCUT2D eigenvalue weighted by atomic mass is 10.1. The Labute approximate surface area is 150 Å². The van der Waals surface area contributed by atoms with E-state index < -0.39 is 0 Å². The molecular formula is C21H26N2O2. The Bertz CT molecular complexity index is 679. The molecule has 4 heteroatoms. The molecule has 0 saturated carbocycles. The molecular weight excluding hydrogens is 312 g/mol. The Morgan fingerprint density at radius 1 is 0.960 bits per heavy atom. The third kappa shape index (κ3) is 4.83. The first-order valence-electron chi connectivity index (χ1n) is 8.99. The molecule has 1 saturated heterocycles. The molecule has 1 aliphatic rings. The van der Waals surface area contributed by atoms with Crippen LogP contribution in [0.2, 0.25) is 0 Å². The van der Waals surface area contributed by atoms with Crippen LogP contribution >= 0.6 is 0 Å². The van der Waals surface area contributed by atoms with E-state index in [1.165, 1.54) is 5.69 Å². The predicted molar refractivity (Wildman–Crippen MR) is 102 cm³/mol. The van der Waals surface area contributed by atoms with Crippen molar-refractivity contribution in [3.05, 3.63) is 60.2 Å². The minimum atomic E-state index is 0.0487. The second kappa shape index (κ2) is 8.67. The SMILES string of the molecule is CC(=O)c1ccccc1OCCCN1CCN(c2ccccc2)CC1. The maximum atomic E-state index is 11.6. The fraction of sp³-hybridized carbons (Fsp3) is 0.381. The molecule has 2 aromatic rings. The number of para-hydroxylation sites is 2. The Kier molecular flexibility index (Phi) is 6.07. The lowest BCUT2D eigenvalue weighted by Crippen LogP contribution is -2.46. The van der Waals surface area contributed by atoms with Gasteiger partial charge in [0.05, 0.1) is 12.2 Å². The number of carbonyl (C=O) groups is 1. The van der Waals surface area contributed by atoms with Gasteiger partial charge in [0.15, 0.2) is 5.78 Å². The zero-order valence-electron chi connectivity index (χ0n) is 14.9. The average Bonchev–Trinajstić information content (AvgIpc) is 2.66. The molecule has 1 aliphatic heterocycles. The molecule has 1 heterocycles. The summed E-state index contributed by atoms with van der Waals surface area (Å²) in [6.07, 6.45) is 0.970. The highest BCUT2D eigenvalue weighted by Crippen LogP contribution is 2.19. The van der Waals surface area contributed by atoms with Crippen LogP contribution in [0.25, 0.3) is 0 Å². The third-order valence-corrected chi connectivity index (χ3v) is 4.64. The number of carbonyl (C=O) groups excluding carboxylic acids is 1. The molecule has 132 valence electrons. The highest BCUT2D eigenvalue weighted by Gasteiger charge is 2.16. The van der Waals surface area contributed by atoms with Crippen LogP contribution in [0.1, 0.15) is 23.7 Å². The summed E-state index contributed by atoms with van der Waals surface area (Å²) >= 11 is 0. The Morgan fingerprint density at radius 3 is 2.36 bits per heavy atom. The Balaban J connectivity index is 1.39. The number of nitrogens with zero attached hydrogens (tertiary/aromatic N) is 2. The zero-order chi connectivity index (χ0) is 17.5. The van der Waals surface area contributed by atoms with Crippen molar-refractivity contribution in [2.24, 2.45) is 0 Å². The number of hydrogen-bond donors (Lipinski definition) is 0. The Hall–Kier alpha value is -2.33. The number of hydrogen-bond acceptors (Lipinski definition) is 4. The molecule has 0 spiro atoms. The van der Waals surface area contributed by atoms with Crippen molar-refractivity contribution in [1.29, 1.82) is 0 Å². The van der Waals surface area contributed by atoms with E-state index >= 15 is 0 Å². The van der Waals surface area contributed by atoms with E-state index in [1.807, 2.05) is 24.3 Å². The van der Waals surface area contributed by atoms with Gasteiger partial charge in [-0.05, 0) is 37.6 Å². The van der Waals surface area contributed by atoms with Gasteiger partial charge < -0.3 is 9.64 Å². The number of anilines is 1. The van der Waals surface area contributed by atoms with Crippen LogP contribution in [0.15, 0.2) is 54.6 Å². The van der Waals surface area contributed by atoms with Crippen molar-refractivity contribution < 1.29 is 9.53 Å². The van der Waals surface area contributed by atoms with Crippen molar-refractivity contribution in [2.45, 2.75) is 13.3 Å². The van der Waals surface area contributed by atoms with E-state index in [-0.39, 0.29) is 5.78 Å². The monoisotopic (exact) mass is 338 g/mol. The molecule has 0 amide bonds. The van der Waals surface area contributed by atoms with E-state index in [0.717, 1.165) is 39.1 Å². The van der Waals surface area contributed by atoms with Gasteiger partial charge in [-0.1, -0.05) is 30.3 Å². The maximum Gasteiger partial charge on any atom is 0.163 e. The average molecular weight is 338 g/mol. The summed E-state index contributed by atoms with van der Waals surface area (Å²) in [6, 6.07) is 18.1. The quantitative estimate of drug-likeness (QED) is 0.572. The number of ether oxygens (including phenoxy) is 1. The highest BCUT2D eigenvalue weighted by molar-refractivity contribution is 5.96. The zero-order valence-corrected chi connectivity index (χ0v) is 14.9. The Morgan fingerprint density at radius 2 is 1.64 bits per heavy atom. The summed E-state index contributed by atoms with van der Waals surface area (Å²) in [6.45, 7) is 7.55.